The zero-order chi connectivity index (χ0) is 23.1. The highest BCUT2D eigenvalue weighted by Crippen LogP contribution is 2.18. The van der Waals surface area contributed by atoms with Crippen LogP contribution in [0, 0.1) is 13.8 Å². The van der Waals surface area contributed by atoms with E-state index in [9.17, 15) is 4.79 Å². The molecule has 0 unspecified atom stereocenters. The average Bonchev–Trinajstić information content (AvgIpc) is 3.07. The molecule has 0 aliphatic carbocycles. The minimum Gasteiger partial charge on any atom is -0.326 e. The van der Waals surface area contributed by atoms with Gasteiger partial charge in [-0.05, 0) is 78.9 Å². The molecule has 3 aromatic rings. The van der Waals surface area contributed by atoms with Gasteiger partial charge in [0, 0.05) is 28.9 Å². The number of carbonyl (C=O) groups is 1. The molecule has 0 bridgehead atoms. The standard InChI is InChI=1S/C25H30BrN5O/c1-5-19-11-7-10-14-23(19)28-25(29-24(32)21-12-8-9-13-22(21)26)27-16-15-20-17(3)30-31(6-2)18(20)4/h7-14H,5-6,15-16H2,1-4H3,(H2,27,28,29,32). The molecule has 0 spiro atoms. The van der Waals surface area contributed by atoms with E-state index in [1.54, 1.807) is 6.07 Å². The molecule has 0 fully saturated rings. The van der Waals surface area contributed by atoms with Crippen LogP contribution in [0.2, 0.25) is 0 Å². The lowest BCUT2D eigenvalue weighted by Gasteiger charge is -2.15. The number of hydrogen-bond acceptors (Lipinski definition) is 3. The Morgan fingerprint density at radius 3 is 2.50 bits per heavy atom. The molecule has 0 radical (unpaired) electrons. The van der Waals surface area contributed by atoms with Gasteiger partial charge in [-0.25, -0.2) is 0 Å². The van der Waals surface area contributed by atoms with Gasteiger partial charge in [0.15, 0.2) is 0 Å². The van der Waals surface area contributed by atoms with Gasteiger partial charge in [0.1, 0.15) is 0 Å². The average molecular weight is 496 g/mol. The Kier molecular flexibility index (Phi) is 8.22. The van der Waals surface area contributed by atoms with Crippen molar-refractivity contribution in [2.45, 2.75) is 47.1 Å². The second kappa shape index (κ2) is 11.1. The quantitative estimate of drug-likeness (QED) is 0.345. The Morgan fingerprint density at radius 1 is 1.09 bits per heavy atom. The summed E-state index contributed by atoms with van der Waals surface area (Å²) in [4.78, 5) is 17.7. The fourth-order valence-corrected chi connectivity index (χ4v) is 4.16. The van der Waals surface area contributed by atoms with Crippen LogP contribution in [0.25, 0.3) is 0 Å². The van der Waals surface area contributed by atoms with Gasteiger partial charge in [-0.1, -0.05) is 37.3 Å². The minimum atomic E-state index is -0.219. The fraction of sp³-hybridized carbons (Fsp3) is 0.320. The molecule has 7 heteroatoms. The Morgan fingerprint density at radius 2 is 1.81 bits per heavy atom. The van der Waals surface area contributed by atoms with Crippen molar-refractivity contribution in [2.24, 2.45) is 4.99 Å². The predicted molar refractivity (Wildman–Crippen MR) is 134 cm³/mol. The SMILES string of the molecule is CCc1ccccc1NC(=NCCc1c(C)nn(CC)c1C)NC(=O)c1ccccc1Br. The summed E-state index contributed by atoms with van der Waals surface area (Å²) in [6.07, 6.45) is 1.63. The van der Waals surface area contributed by atoms with E-state index in [1.807, 2.05) is 48.0 Å². The first kappa shape index (κ1) is 23.7. The molecule has 2 aromatic carbocycles. The monoisotopic (exact) mass is 495 g/mol. The second-order valence-electron chi connectivity index (χ2n) is 7.52. The van der Waals surface area contributed by atoms with E-state index in [1.165, 1.54) is 11.3 Å². The van der Waals surface area contributed by atoms with E-state index in [0.717, 1.165) is 40.8 Å². The lowest BCUT2D eigenvalue weighted by molar-refractivity contribution is 0.0976. The molecule has 1 aromatic heterocycles. The number of rotatable bonds is 7. The number of nitrogens with one attached hydrogen (secondary N) is 2. The van der Waals surface area contributed by atoms with Crippen LogP contribution in [0.1, 0.15) is 46.7 Å². The largest absolute Gasteiger partial charge is 0.326 e. The van der Waals surface area contributed by atoms with Crippen LogP contribution in [-0.4, -0.2) is 28.2 Å². The fourth-order valence-electron chi connectivity index (χ4n) is 3.69. The van der Waals surface area contributed by atoms with Crippen molar-refractivity contribution in [3.8, 4) is 0 Å². The topological polar surface area (TPSA) is 71.3 Å². The van der Waals surface area contributed by atoms with Gasteiger partial charge < -0.3 is 5.32 Å². The van der Waals surface area contributed by atoms with Crippen molar-refractivity contribution < 1.29 is 4.79 Å². The van der Waals surface area contributed by atoms with Crippen LogP contribution in [0.3, 0.4) is 0 Å². The first-order valence-corrected chi connectivity index (χ1v) is 11.7. The van der Waals surface area contributed by atoms with Gasteiger partial charge in [-0.2, -0.15) is 5.10 Å². The number of guanidine groups is 1. The highest BCUT2D eigenvalue weighted by Gasteiger charge is 2.14. The third-order valence-corrected chi connectivity index (χ3v) is 6.16. The number of anilines is 1. The van der Waals surface area contributed by atoms with Crippen molar-refractivity contribution >= 4 is 33.5 Å². The molecule has 0 aliphatic rings. The molecule has 0 saturated carbocycles. The van der Waals surface area contributed by atoms with Crippen molar-refractivity contribution in [2.75, 3.05) is 11.9 Å². The smallest absolute Gasteiger partial charge is 0.259 e. The molecular formula is C25H30BrN5O. The van der Waals surface area contributed by atoms with Crippen LogP contribution in [0.15, 0.2) is 58.0 Å². The zero-order valence-electron chi connectivity index (χ0n) is 19.1. The van der Waals surface area contributed by atoms with Crippen LogP contribution >= 0.6 is 15.9 Å². The van der Waals surface area contributed by atoms with Crippen molar-refractivity contribution in [1.29, 1.82) is 0 Å². The molecule has 32 heavy (non-hydrogen) atoms. The van der Waals surface area contributed by atoms with Crippen molar-refractivity contribution in [3.63, 3.8) is 0 Å². The molecule has 3 rings (SSSR count). The Balaban J connectivity index is 1.83. The maximum absolute atomic E-state index is 12.9. The number of amides is 1. The second-order valence-corrected chi connectivity index (χ2v) is 8.37. The highest BCUT2D eigenvalue weighted by molar-refractivity contribution is 9.10. The summed E-state index contributed by atoms with van der Waals surface area (Å²) in [7, 11) is 0. The molecular weight excluding hydrogens is 466 g/mol. The number of aromatic nitrogens is 2. The first-order valence-electron chi connectivity index (χ1n) is 10.9. The summed E-state index contributed by atoms with van der Waals surface area (Å²) >= 11 is 3.45. The van der Waals surface area contributed by atoms with Crippen LogP contribution in [-0.2, 0) is 19.4 Å². The molecule has 2 N–H and O–H groups in total. The lowest BCUT2D eigenvalue weighted by Crippen LogP contribution is -2.36. The Hall–Kier alpha value is -2.93. The van der Waals surface area contributed by atoms with Crippen LogP contribution in [0.5, 0.6) is 0 Å². The van der Waals surface area contributed by atoms with Crippen molar-refractivity contribution in [1.82, 2.24) is 15.1 Å². The number of halogens is 1. The van der Waals surface area contributed by atoms with Gasteiger partial charge in [-0.3, -0.25) is 19.8 Å². The minimum absolute atomic E-state index is 0.219. The number of nitrogens with zero attached hydrogens (tertiary/aromatic N) is 3. The molecule has 1 amide bonds. The zero-order valence-corrected chi connectivity index (χ0v) is 20.7. The Labute approximate surface area is 198 Å². The molecule has 1 heterocycles. The number of aliphatic imine (C=N–C) groups is 1. The van der Waals surface area contributed by atoms with Gasteiger partial charge in [0.2, 0.25) is 5.96 Å². The van der Waals surface area contributed by atoms with E-state index < -0.39 is 0 Å². The van der Waals surface area contributed by atoms with Crippen LogP contribution < -0.4 is 10.6 Å². The van der Waals surface area contributed by atoms with E-state index in [-0.39, 0.29) is 5.91 Å². The maximum atomic E-state index is 12.9. The lowest BCUT2D eigenvalue weighted by atomic mass is 10.1. The van der Waals surface area contributed by atoms with E-state index in [2.05, 4.69) is 58.5 Å². The maximum Gasteiger partial charge on any atom is 0.259 e. The van der Waals surface area contributed by atoms with Crippen LogP contribution in [0.4, 0.5) is 5.69 Å². The van der Waals surface area contributed by atoms with Gasteiger partial charge in [0.25, 0.3) is 5.91 Å². The predicted octanol–water partition coefficient (Wildman–Crippen LogP) is 5.29. The summed E-state index contributed by atoms with van der Waals surface area (Å²) < 4.78 is 2.75. The normalized spacial score (nSPS) is 11.5. The van der Waals surface area contributed by atoms with Gasteiger partial charge in [0.05, 0.1) is 11.3 Å². The highest BCUT2D eigenvalue weighted by atomic mass is 79.9. The van der Waals surface area contributed by atoms with Gasteiger partial charge in [-0.15, -0.1) is 0 Å². The number of hydrogen-bond donors (Lipinski definition) is 2. The third-order valence-electron chi connectivity index (χ3n) is 5.46. The van der Waals surface area contributed by atoms with Gasteiger partial charge >= 0.3 is 0 Å². The summed E-state index contributed by atoms with van der Waals surface area (Å²) in [5, 5.41) is 10.9. The number of aryl methyl sites for hydroxylation is 3. The van der Waals surface area contributed by atoms with E-state index in [0.29, 0.717) is 18.1 Å². The summed E-state index contributed by atoms with van der Waals surface area (Å²) in [6, 6.07) is 15.4. The van der Waals surface area contributed by atoms with E-state index >= 15 is 0 Å². The first-order chi connectivity index (χ1) is 15.4. The Bertz CT molecular complexity index is 1120. The number of benzene rings is 2. The number of para-hydroxylation sites is 1. The molecule has 6 nitrogen and oxygen atoms in total. The summed E-state index contributed by atoms with van der Waals surface area (Å²) in [5.41, 5.74) is 6.06. The molecule has 0 atom stereocenters. The number of carbonyl (C=O) groups excluding carboxylic acids is 1. The van der Waals surface area contributed by atoms with E-state index in [4.69, 9.17) is 4.99 Å². The van der Waals surface area contributed by atoms with Crippen molar-refractivity contribution in [3.05, 3.63) is 81.1 Å². The summed E-state index contributed by atoms with van der Waals surface area (Å²) in [6.45, 7) is 9.69. The third kappa shape index (κ3) is 5.65. The molecule has 168 valence electrons. The molecule has 0 saturated heterocycles. The molecule has 0 aliphatic heterocycles. The summed E-state index contributed by atoms with van der Waals surface area (Å²) in [5.74, 6) is 0.216.